The molecule has 2 N–H and O–H groups in total. The Hall–Kier alpha value is -3.36. The Bertz CT molecular complexity index is 954. The Morgan fingerprint density at radius 1 is 1.13 bits per heavy atom. The monoisotopic (exact) mass is 414 g/mol. The molecule has 0 spiro atoms. The van der Waals surface area contributed by atoms with Gasteiger partial charge in [-0.15, -0.1) is 0 Å². The zero-order valence-electron chi connectivity index (χ0n) is 17.2. The summed E-state index contributed by atoms with van der Waals surface area (Å²) in [5.41, 5.74) is 1.20. The van der Waals surface area contributed by atoms with Gasteiger partial charge in [-0.25, -0.2) is 14.6 Å². The van der Waals surface area contributed by atoms with Gasteiger partial charge in [-0.1, -0.05) is 6.92 Å². The van der Waals surface area contributed by atoms with Crippen molar-refractivity contribution in [3.05, 3.63) is 29.8 Å². The fourth-order valence-corrected chi connectivity index (χ4v) is 3.41. The van der Waals surface area contributed by atoms with Gasteiger partial charge in [-0.3, -0.25) is 4.79 Å². The number of amides is 2. The average molecular weight is 414 g/mol. The first-order valence-corrected chi connectivity index (χ1v) is 10.1. The molecule has 9 nitrogen and oxygen atoms in total. The second-order valence-corrected chi connectivity index (χ2v) is 7.04. The number of piperazine rings is 1. The van der Waals surface area contributed by atoms with Crippen LogP contribution in [0.25, 0.3) is 10.9 Å². The van der Waals surface area contributed by atoms with Gasteiger partial charge in [0.2, 0.25) is 5.91 Å². The van der Waals surface area contributed by atoms with Crippen molar-refractivity contribution in [2.45, 2.75) is 26.7 Å². The molecule has 0 saturated carbocycles. The molecular formula is C21H26N4O5. The summed E-state index contributed by atoms with van der Waals surface area (Å²) in [6.45, 7) is 6.02. The molecule has 0 radical (unpaired) electrons. The molecule has 2 amide bonds. The Morgan fingerprint density at radius 3 is 2.50 bits per heavy atom. The molecule has 160 valence electrons. The highest BCUT2D eigenvalue weighted by molar-refractivity contribution is 6.05. The zero-order chi connectivity index (χ0) is 21.7. The van der Waals surface area contributed by atoms with E-state index in [1.807, 2.05) is 11.8 Å². The predicted octanol–water partition coefficient (Wildman–Crippen LogP) is 2.95. The summed E-state index contributed by atoms with van der Waals surface area (Å²) < 4.78 is 5.03. The molecule has 1 saturated heterocycles. The van der Waals surface area contributed by atoms with Crippen LogP contribution in [0, 0.1) is 0 Å². The summed E-state index contributed by atoms with van der Waals surface area (Å²) in [7, 11) is 0. The van der Waals surface area contributed by atoms with Gasteiger partial charge in [0, 0.05) is 43.7 Å². The minimum absolute atomic E-state index is 0.113. The van der Waals surface area contributed by atoms with E-state index < -0.39 is 5.97 Å². The van der Waals surface area contributed by atoms with E-state index in [1.54, 1.807) is 36.1 Å². The number of fused-ring (bicyclic) bond motifs is 1. The predicted molar refractivity (Wildman–Crippen MR) is 113 cm³/mol. The normalized spacial score (nSPS) is 13.9. The summed E-state index contributed by atoms with van der Waals surface area (Å²) >= 11 is 0. The number of pyridine rings is 1. The first kappa shape index (κ1) is 21.4. The van der Waals surface area contributed by atoms with Crippen LogP contribution in [0.2, 0.25) is 0 Å². The molecule has 1 aliphatic heterocycles. The molecule has 30 heavy (non-hydrogen) atoms. The quantitative estimate of drug-likeness (QED) is 0.747. The number of anilines is 2. The van der Waals surface area contributed by atoms with Crippen molar-refractivity contribution in [2.24, 2.45) is 0 Å². The van der Waals surface area contributed by atoms with E-state index in [2.05, 4.69) is 10.3 Å². The third kappa shape index (κ3) is 4.79. The largest absolute Gasteiger partial charge is 0.478 e. The van der Waals surface area contributed by atoms with Crippen LogP contribution in [0.3, 0.4) is 0 Å². The molecular weight excluding hydrogens is 388 g/mol. The lowest BCUT2D eigenvalue weighted by Gasteiger charge is -2.35. The highest BCUT2D eigenvalue weighted by atomic mass is 16.6. The molecule has 9 heteroatoms. The lowest BCUT2D eigenvalue weighted by Crippen LogP contribution is -2.49. The number of carboxylic acid groups (broad SMARTS) is 1. The third-order valence-electron chi connectivity index (χ3n) is 4.92. The average Bonchev–Trinajstić information content (AvgIpc) is 2.73. The van der Waals surface area contributed by atoms with Crippen LogP contribution in [0.1, 0.15) is 37.0 Å². The van der Waals surface area contributed by atoms with Crippen molar-refractivity contribution in [1.29, 1.82) is 0 Å². The highest BCUT2D eigenvalue weighted by Gasteiger charge is 2.24. The fourth-order valence-electron chi connectivity index (χ4n) is 3.41. The van der Waals surface area contributed by atoms with Crippen molar-refractivity contribution in [3.8, 4) is 0 Å². The van der Waals surface area contributed by atoms with Gasteiger partial charge in [0.15, 0.2) is 0 Å². The van der Waals surface area contributed by atoms with Crippen molar-refractivity contribution in [3.63, 3.8) is 0 Å². The summed E-state index contributed by atoms with van der Waals surface area (Å²) in [6.07, 6.45) is 0.792. The van der Waals surface area contributed by atoms with Crippen LogP contribution in [0.4, 0.5) is 16.3 Å². The Labute approximate surface area is 174 Å². The summed E-state index contributed by atoms with van der Waals surface area (Å²) in [4.78, 5) is 43.8. The number of nitrogens with one attached hydrogen (secondary N) is 1. The summed E-state index contributed by atoms with van der Waals surface area (Å²) in [6, 6.07) is 6.61. The van der Waals surface area contributed by atoms with Gasteiger partial charge >= 0.3 is 12.1 Å². The van der Waals surface area contributed by atoms with Gasteiger partial charge in [-0.05, 0) is 37.6 Å². The van der Waals surface area contributed by atoms with Gasteiger partial charge in [0.25, 0.3) is 0 Å². The van der Waals surface area contributed by atoms with Crippen molar-refractivity contribution in [2.75, 3.05) is 43.0 Å². The minimum Gasteiger partial charge on any atom is -0.478 e. The van der Waals surface area contributed by atoms with Crippen LogP contribution in [0.15, 0.2) is 24.3 Å². The summed E-state index contributed by atoms with van der Waals surface area (Å²) in [5.74, 6) is -0.630. The van der Waals surface area contributed by atoms with E-state index in [4.69, 9.17) is 4.74 Å². The molecule has 1 fully saturated rings. The molecule has 1 aromatic carbocycles. The molecule has 2 aromatic rings. The number of carboxylic acids is 1. The molecule has 0 bridgehead atoms. The number of ether oxygens (including phenoxy) is 1. The van der Waals surface area contributed by atoms with E-state index in [1.165, 1.54) is 0 Å². The van der Waals surface area contributed by atoms with E-state index in [0.29, 0.717) is 61.6 Å². The van der Waals surface area contributed by atoms with Gasteiger partial charge in [0.05, 0.1) is 17.7 Å². The van der Waals surface area contributed by atoms with Crippen molar-refractivity contribution < 1.29 is 24.2 Å². The highest BCUT2D eigenvalue weighted by Crippen LogP contribution is 2.27. The number of hydrogen-bond donors (Lipinski definition) is 2. The number of carbonyl (C=O) groups excluding carboxylic acids is 2. The van der Waals surface area contributed by atoms with Gasteiger partial charge in [-0.2, -0.15) is 0 Å². The molecule has 1 aliphatic rings. The SMILES string of the molecule is CCCC(=O)Nc1ccc2nc(N3CCN(C(=O)OCC)CC3)cc(C(=O)O)c2c1. The van der Waals surface area contributed by atoms with Crippen LogP contribution in [-0.2, 0) is 9.53 Å². The molecule has 1 aromatic heterocycles. The smallest absolute Gasteiger partial charge is 0.409 e. The second-order valence-electron chi connectivity index (χ2n) is 7.04. The maximum atomic E-state index is 11.9. The maximum Gasteiger partial charge on any atom is 0.409 e. The van der Waals surface area contributed by atoms with Crippen LogP contribution >= 0.6 is 0 Å². The van der Waals surface area contributed by atoms with Crippen LogP contribution in [-0.4, -0.2) is 65.7 Å². The standard InChI is InChI=1S/C21H26N4O5/c1-3-5-19(26)22-14-6-7-17-15(12-14)16(20(27)28)13-18(23-17)24-8-10-25(11-9-24)21(29)30-4-2/h6-7,12-13H,3-5,8-11H2,1-2H3,(H,22,26)(H,27,28). The molecule has 3 rings (SSSR count). The Kier molecular flexibility index (Phi) is 6.71. The topological polar surface area (TPSA) is 112 Å². The lowest BCUT2D eigenvalue weighted by molar-refractivity contribution is -0.116. The van der Waals surface area contributed by atoms with E-state index in [9.17, 15) is 19.5 Å². The molecule has 0 unspecified atom stereocenters. The number of benzene rings is 1. The Morgan fingerprint density at radius 2 is 1.87 bits per heavy atom. The second kappa shape index (κ2) is 9.43. The Balaban J connectivity index is 1.84. The summed E-state index contributed by atoms with van der Waals surface area (Å²) in [5, 5.41) is 13.0. The van der Waals surface area contributed by atoms with Crippen LogP contribution < -0.4 is 10.2 Å². The minimum atomic E-state index is -1.06. The number of aromatic nitrogens is 1. The molecule has 2 heterocycles. The first-order chi connectivity index (χ1) is 14.4. The maximum absolute atomic E-state index is 11.9. The van der Waals surface area contributed by atoms with E-state index in [0.717, 1.165) is 6.42 Å². The van der Waals surface area contributed by atoms with Gasteiger partial charge < -0.3 is 25.0 Å². The van der Waals surface area contributed by atoms with Crippen LogP contribution in [0.5, 0.6) is 0 Å². The number of nitrogens with zero attached hydrogens (tertiary/aromatic N) is 3. The lowest BCUT2D eigenvalue weighted by atomic mass is 10.1. The number of carbonyl (C=O) groups is 3. The number of hydrogen-bond acceptors (Lipinski definition) is 6. The molecule has 0 atom stereocenters. The van der Waals surface area contributed by atoms with Crippen molar-refractivity contribution in [1.82, 2.24) is 9.88 Å². The zero-order valence-corrected chi connectivity index (χ0v) is 17.2. The number of rotatable bonds is 6. The first-order valence-electron chi connectivity index (χ1n) is 10.1. The fraction of sp³-hybridized carbons (Fsp3) is 0.429. The molecule has 0 aliphatic carbocycles. The van der Waals surface area contributed by atoms with E-state index >= 15 is 0 Å². The van der Waals surface area contributed by atoms with Gasteiger partial charge in [0.1, 0.15) is 5.82 Å². The third-order valence-corrected chi connectivity index (χ3v) is 4.92. The number of aromatic carboxylic acids is 1. The van der Waals surface area contributed by atoms with Crippen molar-refractivity contribution >= 4 is 40.4 Å². The van der Waals surface area contributed by atoms with E-state index in [-0.39, 0.29) is 17.6 Å².